The van der Waals surface area contributed by atoms with Crippen LogP contribution in [0.25, 0.3) is 0 Å². The third-order valence-corrected chi connectivity index (χ3v) is 3.82. The number of aromatic nitrogens is 1. The van der Waals surface area contributed by atoms with Crippen LogP contribution in [0.4, 0.5) is 10.2 Å². The molecule has 1 aromatic heterocycles. The summed E-state index contributed by atoms with van der Waals surface area (Å²) in [5.41, 5.74) is 0. The van der Waals surface area contributed by atoms with Crippen molar-refractivity contribution in [2.75, 3.05) is 24.6 Å². The highest BCUT2D eigenvalue weighted by Crippen LogP contribution is 2.24. The van der Waals surface area contributed by atoms with E-state index < -0.39 is 5.95 Å². The number of ether oxygens (including phenoxy) is 1. The smallest absolute Gasteiger partial charge is 0.309 e. The molecule has 0 bridgehead atoms. The molecule has 0 amide bonds. The standard InChI is InChI=1S/C13H16BrFN2O2/c1-2-19-13(18)9-5-7-17(8-6-9)11-4-3-10(14)12(15)16-11/h3-4,9H,2,5-8H2,1H3. The summed E-state index contributed by atoms with van der Waals surface area (Å²) in [6.45, 7) is 3.61. The number of hydrogen-bond acceptors (Lipinski definition) is 4. The zero-order valence-corrected chi connectivity index (χ0v) is 12.3. The van der Waals surface area contributed by atoms with Crippen LogP contribution in [0.15, 0.2) is 16.6 Å². The minimum absolute atomic E-state index is 0.0449. The Balaban J connectivity index is 1.96. The Bertz CT molecular complexity index is 462. The quantitative estimate of drug-likeness (QED) is 0.631. The highest BCUT2D eigenvalue weighted by molar-refractivity contribution is 9.10. The van der Waals surface area contributed by atoms with Crippen LogP contribution in [0.2, 0.25) is 0 Å². The molecule has 0 saturated carbocycles. The second-order valence-electron chi connectivity index (χ2n) is 4.46. The molecule has 19 heavy (non-hydrogen) atoms. The van der Waals surface area contributed by atoms with Gasteiger partial charge in [0, 0.05) is 13.1 Å². The molecule has 0 unspecified atom stereocenters. The van der Waals surface area contributed by atoms with Gasteiger partial charge >= 0.3 is 5.97 Å². The van der Waals surface area contributed by atoms with Crippen LogP contribution in [-0.2, 0) is 9.53 Å². The molecule has 0 radical (unpaired) electrons. The molecule has 2 rings (SSSR count). The molecule has 1 aliphatic heterocycles. The molecule has 4 nitrogen and oxygen atoms in total. The average molecular weight is 331 g/mol. The Labute approximate surface area is 120 Å². The van der Waals surface area contributed by atoms with E-state index in [0.29, 0.717) is 30.0 Å². The van der Waals surface area contributed by atoms with E-state index >= 15 is 0 Å². The number of esters is 1. The molecule has 1 aromatic rings. The number of rotatable bonds is 3. The van der Waals surface area contributed by atoms with Gasteiger partial charge in [-0.2, -0.15) is 4.39 Å². The van der Waals surface area contributed by atoms with Gasteiger partial charge in [0.2, 0.25) is 5.95 Å². The second-order valence-corrected chi connectivity index (χ2v) is 5.31. The summed E-state index contributed by atoms with van der Waals surface area (Å²) >= 11 is 3.08. The van der Waals surface area contributed by atoms with Crippen molar-refractivity contribution >= 4 is 27.7 Å². The van der Waals surface area contributed by atoms with Gasteiger partial charge < -0.3 is 9.64 Å². The maximum atomic E-state index is 13.4. The maximum absolute atomic E-state index is 13.4. The largest absolute Gasteiger partial charge is 0.466 e. The minimum atomic E-state index is -0.509. The highest BCUT2D eigenvalue weighted by atomic mass is 79.9. The van der Waals surface area contributed by atoms with Crippen LogP contribution >= 0.6 is 15.9 Å². The lowest BCUT2D eigenvalue weighted by Crippen LogP contribution is -2.37. The minimum Gasteiger partial charge on any atom is -0.466 e. The van der Waals surface area contributed by atoms with E-state index in [2.05, 4.69) is 20.9 Å². The van der Waals surface area contributed by atoms with E-state index in [1.54, 1.807) is 12.1 Å². The van der Waals surface area contributed by atoms with E-state index in [0.717, 1.165) is 12.8 Å². The molecule has 6 heteroatoms. The number of pyridine rings is 1. The third kappa shape index (κ3) is 3.43. The zero-order valence-electron chi connectivity index (χ0n) is 10.7. The topological polar surface area (TPSA) is 42.4 Å². The summed E-state index contributed by atoms with van der Waals surface area (Å²) in [5, 5.41) is 0. The summed E-state index contributed by atoms with van der Waals surface area (Å²) < 4.78 is 18.8. The third-order valence-electron chi connectivity index (χ3n) is 3.23. The number of nitrogens with zero attached hydrogens (tertiary/aromatic N) is 2. The Morgan fingerprint density at radius 1 is 1.53 bits per heavy atom. The highest BCUT2D eigenvalue weighted by Gasteiger charge is 2.26. The van der Waals surface area contributed by atoms with Gasteiger partial charge in [0.05, 0.1) is 17.0 Å². The maximum Gasteiger partial charge on any atom is 0.309 e. The molecule has 1 aliphatic rings. The Morgan fingerprint density at radius 2 is 2.21 bits per heavy atom. The van der Waals surface area contributed by atoms with Crippen molar-refractivity contribution in [2.24, 2.45) is 5.92 Å². The van der Waals surface area contributed by atoms with Crippen LogP contribution in [-0.4, -0.2) is 30.6 Å². The summed E-state index contributed by atoms with van der Waals surface area (Å²) in [6, 6.07) is 3.42. The van der Waals surface area contributed by atoms with Crippen LogP contribution < -0.4 is 4.90 Å². The Morgan fingerprint density at radius 3 is 2.79 bits per heavy atom. The predicted octanol–water partition coefficient (Wildman–Crippen LogP) is 2.76. The van der Waals surface area contributed by atoms with Crippen LogP contribution in [0.1, 0.15) is 19.8 Å². The van der Waals surface area contributed by atoms with Gasteiger partial charge in [-0.15, -0.1) is 0 Å². The van der Waals surface area contributed by atoms with Gasteiger partial charge in [0.1, 0.15) is 5.82 Å². The molecule has 0 aromatic carbocycles. The fourth-order valence-corrected chi connectivity index (χ4v) is 2.41. The molecule has 104 valence electrons. The van der Waals surface area contributed by atoms with Crippen molar-refractivity contribution in [3.63, 3.8) is 0 Å². The predicted molar refractivity (Wildman–Crippen MR) is 73.5 cm³/mol. The van der Waals surface area contributed by atoms with Gasteiger partial charge in [-0.3, -0.25) is 4.79 Å². The Kier molecular flexibility index (Phi) is 4.74. The molecule has 0 aliphatic carbocycles. The fourth-order valence-electron chi connectivity index (χ4n) is 2.19. The first-order valence-corrected chi connectivity index (χ1v) is 7.14. The molecule has 1 saturated heterocycles. The van der Waals surface area contributed by atoms with Crippen molar-refractivity contribution in [1.82, 2.24) is 4.98 Å². The monoisotopic (exact) mass is 330 g/mol. The first kappa shape index (κ1) is 14.2. The average Bonchev–Trinajstić information content (AvgIpc) is 2.42. The molecule has 2 heterocycles. The summed E-state index contributed by atoms with van der Waals surface area (Å²) in [7, 11) is 0. The van der Waals surface area contributed by atoms with Crippen LogP contribution in [0, 0.1) is 11.9 Å². The SMILES string of the molecule is CCOC(=O)C1CCN(c2ccc(Br)c(F)n2)CC1. The lowest BCUT2D eigenvalue weighted by Gasteiger charge is -2.31. The number of piperidine rings is 1. The summed E-state index contributed by atoms with van der Waals surface area (Å²) in [5.74, 6) is -0.0679. The van der Waals surface area contributed by atoms with Gasteiger partial charge in [-0.05, 0) is 47.8 Å². The zero-order chi connectivity index (χ0) is 13.8. The molecule has 0 spiro atoms. The van der Waals surface area contributed by atoms with E-state index in [1.807, 2.05) is 11.8 Å². The van der Waals surface area contributed by atoms with Gasteiger partial charge in [0.15, 0.2) is 0 Å². The molecular weight excluding hydrogens is 315 g/mol. The van der Waals surface area contributed by atoms with Crippen molar-refractivity contribution in [2.45, 2.75) is 19.8 Å². The van der Waals surface area contributed by atoms with E-state index in [4.69, 9.17) is 4.74 Å². The molecule has 0 N–H and O–H groups in total. The number of halogens is 2. The number of carbonyl (C=O) groups is 1. The number of carbonyl (C=O) groups excluding carboxylic acids is 1. The van der Waals surface area contributed by atoms with E-state index in [-0.39, 0.29) is 11.9 Å². The van der Waals surface area contributed by atoms with Gasteiger partial charge in [-0.25, -0.2) is 4.98 Å². The first-order chi connectivity index (χ1) is 9.11. The normalized spacial score (nSPS) is 16.5. The van der Waals surface area contributed by atoms with E-state index in [9.17, 15) is 9.18 Å². The van der Waals surface area contributed by atoms with Crippen molar-refractivity contribution in [1.29, 1.82) is 0 Å². The summed E-state index contributed by atoms with van der Waals surface area (Å²) in [4.78, 5) is 17.5. The lowest BCUT2D eigenvalue weighted by atomic mass is 9.97. The first-order valence-electron chi connectivity index (χ1n) is 6.35. The van der Waals surface area contributed by atoms with Crippen LogP contribution in [0.3, 0.4) is 0 Å². The fraction of sp³-hybridized carbons (Fsp3) is 0.538. The molecule has 1 fully saturated rings. The number of anilines is 1. The van der Waals surface area contributed by atoms with E-state index in [1.165, 1.54) is 0 Å². The summed E-state index contributed by atoms with van der Waals surface area (Å²) in [6.07, 6.45) is 1.44. The van der Waals surface area contributed by atoms with Crippen LogP contribution in [0.5, 0.6) is 0 Å². The molecular formula is C13H16BrFN2O2. The molecule has 0 atom stereocenters. The van der Waals surface area contributed by atoms with Gasteiger partial charge in [-0.1, -0.05) is 0 Å². The van der Waals surface area contributed by atoms with Crippen molar-refractivity contribution in [3.8, 4) is 0 Å². The Hall–Kier alpha value is -1.17. The van der Waals surface area contributed by atoms with Crippen molar-refractivity contribution < 1.29 is 13.9 Å². The lowest BCUT2D eigenvalue weighted by molar-refractivity contribution is -0.148. The number of hydrogen-bond donors (Lipinski definition) is 0. The van der Waals surface area contributed by atoms with Crippen molar-refractivity contribution in [3.05, 3.63) is 22.6 Å². The van der Waals surface area contributed by atoms with Gasteiger partial charge in [0.25, 0.3) is 0 Å². The second kappa shape index (κ2) is 6.32.